The quantitative estimate of drug-likeness (QED) is 0.873. The summed E-state index contributed by atoms with van der Waals surface area (Å²) < 4.78 is 22.1. The number of hydrogen-bond acceptors (Lipinski definition) is 5. The molecule has 0 bridgehead atoms. The van der Waals surface area contributed by atoms with Gasteiger partial charge in [0, 0.05) is 11.6 Å². The number of rotatable bonds is 6. The van der Waals surface area contributed by atoms with E-state index in [9.17, 15) is 0 Å². The van der Waals surface area contributed by atoms with Gasteiger partial charge in [0.25, 0.3) is 0 Å². The second-order valence-electron chi connectivity index (χ2n) is 5.98. The van der Waals surface area contributed by atoms with Crippen molar-refractivity contribution in [2.45, 2.75) is 18.9 Å². The van der Waals surface area contributed by atoms with Crippen LogP contribution in [0.25, 0.3) is 0 Å². The van der Waals surface area contributed by atoms with E-state index in [-0.39, 0.29) is 6.04 Å². The Morgan fingerprint density at radius 3 is 2.28 bits per heavy atom. The van der Waals surface area contributed by atoms with Gasteiger partial charge in [0.1, 0.15) is 0 Å². The predicted octanol–water partition coefficient (Wildman–Crippen LogP) is 3.15. The molecule has 2 aromatic carbocycles. The lowest BCUT2D eigenvalue weighted by Gasteiger charge is -2.29. The van der Waals surface area contributed by atoms with Crippen molar-refractivity contribution < 1.29 is 18.9 Å². The second kappa shape index (κ2) is 7.66. The Morgan fingerprint density at radius 2 is 1.60 bits per heavy atom. The van der Waals surface area contributed by atoms with Crippen LogP contribution in [0, 0.1) is 0 Å². The molecule has 0 saturated carbocycles. The van der Waals surface area contributed by atoms with E-state index in [4.69, 9.17) is 18.9 Å². The van der Waals surface area contributed by atoms with Gasteiger partial charge in [0.05, 0.1) is 28.4 Å². The molecule has 1 aliphatic heterocycles. The third-order valence-corrected chi connectivity index (χ3v) is 4.73. The average molecular weight is 343 g/mol. The first-order chi connectivity index (χ1) is 12.2. The maximum absolute atomic E-state index is 5.62. The molecule has 1 N–H and O–H groups in total. The first-order valence-electron chi connectivity index (χ1n) is 8.40. The lowest BCUT2D eigenvalue weighted by molar-refractivity contribution is 0.344. The summed E-state index contributed by atoms with van der Waals surface area (Å²) in [6, 6.07) is 10.3. The molecule has 1 aliphatic rings. The van der Waals surface area contributed by atoms with E-state index in [0.717, 1.165) is 47.9 Å². The Hall–Kier alpha value is -2.40. The molecule has 0 amide bonds. The van der Waals surface area contributed by atoms with Gasteiger partial charge in [0.2, 0.25) is 0 Å². The second-order valence-corrected chi connectivity index (χ2v) is 5.98. The van der Waals surface area contributed by atoms with Crippen molar-refractivity contribution in [1.29, 1.82) is 0 Å². The fourth-order valence-electron chi connectivity index (χ4n) is 3.59. The number of nitrogens with one attached hydrogen (secondary N) is 1. The van der Waals surface area contributed by atoms with Crippen molar-refractivity contribution in [3.05, 3.63) is 47.0 Å². The van der Waals surface area contributed by atoms with Gasteiger partial charge in [-0.2, -0.15) is 0 Å². The van der Waals surface area contributed by atoms with Crippen LogP contribution in [0.1, 0.15) is 22.7 Å². The molecule has 3 rings (SSSR count). The summed E-state index contributed by atoms with van der Waals surface area (Å²) in [4.78, 5) is 0. The minimum atomic E-state index is 0.185. The van der Waals surface area contributed by atoms with E-state index in [2.05, 4.69) is 17.4 Å². The predicted molar refractivity (Wildman–Crippen MR) is 97.2 cm³/mol. The molecule has 0 aromatic heterocycles. The fourth-order valence-corrected chi connectivity index (χ4v) is 3.59. The van der Waals surface area contributed by atoms with E-state index in [1.54, 1.807) is 28.4 Å². The number of fused-ring (bicyclic) bond motifs is 1. The highest BCUT2D eigenvalue weighted by molar-refractivity contribution is 5.54. The normalized spacial score (nSPS) is 16.1. The van der Waals surface area contributed by atoms with Crippen molar-refractivity contribution in [2.75, 3.05) is 35.0 Å². The number of ether oxygens (including phenoxy) is 4. The monoisotopic (exact) mass is 343 g/mol. The largest absolute Gasteiger partial charge is 0.493 e. The Bertz CT molecular complexity index is 745. The summed E-state index contributed by atoms with van der Waals surface area (Å²) in [6.07, 6.45) is 1.73. The van der Waals surface area contributed by atoms with Gasteiger partial charge in [-0.1, -0.05) is 18.2 Å². The minimum Gasteiger partial charge on any atom is -0.493 e. The number of methoxy groups -OCH3 is 4. The van der Waals surface area contributed by atoms with Crippen LogP contribution in [0.5, 0.6) is 23.0 Å². The van der Waals surface area contributed by atoms with Crippen LogP contribution in [-0.4, -0.2) is 35.0 Å². The lowest BCUT2D eigenvalue weighted by atomic mass is 9.89. The molecule has 1 heterocycles. The number of para-hydroxylation sites is 1. The fraction of sp³-hybridized carbons (Fsp3) is 0.400. The van der Waals surface area contributed by atoms with Gasteiger partial charge in [-0.3, -0.25) is 0 Å². The third-order valence-electron chi connectivity index (χ3n) is 4.73. The molecular formula is C20H25NO4. The zero-order valence-electron chi connectivity index (χ0n) is 15.2. The van der Waals surface area contributed by atoms with E-state index in [1.165, 1.54) is 11.1 Å². The topological polar surface area (TPSA) is 49.0 Å². The van der Waals surface area contributed by atoms with Gasteiger partial charge >= 0.3 is 0 Å². The summed E-state index contributed by atoms with van der Waals surface area (Å²) >= 11 is 0. The number of hydrogen-bond donors (Lipinski definition) is 1. The molecule has 25 heavy (non-hydrogen) atoms. The average Bonchev–Trinajstić information content (AvgIpc) is 2.66. The van der Waals surface area contributed by atoms with E-state index < -0.39 is 0 Å². The van der Waals surface area contributed by atoms with Crippen molar-refractivity contribution >= 4 is 0 Å². The highest BCUT2D eigenvalue weighted by atomic mass is 16.5. The van der Waals surface area contributed by atoms with E-state index >= 15 is 0 Å². The molecule has 0 spiro atoms. The van der Waals surface area contributed by atoms with Crippen LogP contribution in [0.3, 0.4) is 0 Å². The van der Waals surface area contributed by atoms with E-state index in [1.807, 2.05) is 18.2 Å². The van der Waals surface area contributed by atoms with Crippen molar-refractivity contribution in [2.24, 2.45) is 0 Å². The maximum atomic E-state index is 5.62. The molecule has 134 valence electrons. The summed E-state index contributed by atoms with van der Waals surface area (Å²) in [5, 5.41) is 3.61. The van der Waals surface area contributed by atoms with Gasteiger partial charge in [0.15, 0.2) is 23.0 Å². The van der Waals surface area contributed by atoms with Crippen molar-refractivity contribution in [1.82, 2.24) is 5.32 Å². The first kappa shape index (κ1) is 17.4. The van der Waals surface area contributed by atoms with Crippen LogP contribution in [0.4, 0.5) is 0 Å². The molecule has 1 atom stereocenters. The van der Waals surface area contributed by atoms with Crippen LogP contribution >= 0.6 is 0 Å². The Balaban J connectivity index is 1.97. The molecule has 2 aromatic rings. The maximum Gasteiger partial charge on any atom is 0.164 e. The standard InChI is InChI=1S/C20H25NO4/c1-22-17-7-5-6-13(19(17)24-3)12-16-14-8-9-18(23-2)20(25-4)15(14)10-11-21-16/h5-9,16,21H,10-12H2,1-4H3. The molecule has 0 fully saturated rings. The van der Waals surface area contributed by atoms with Gasteiger partial charge in [-0.05, 0) is 42.6 Å². The smallest absolute Gasteiger partial charge is 0.164 e. The Morgan fingerprint density at radius 1 is 0.880 bits per heavy atom. The van der Waals surface area contributed by atoms with Crippen LogP contribution < -0.4 is 24.3 Å². The summed E-state index contributed by atoms with van der Waals surface area (Å²) in [6.45, 7) is 0.896. The zero-order chi connectivity index (χ0) is 17.8. The van der Waals surface area contributed by atoms with Gasteiger partial charge in [-0.15, -0.1) is 0 Å². The molecule has 5 heteroatoms. The van der Waals surface area contributed by atoms with Crippen LogP contribution in [0.15, 0.2) is 30.3 Å². The lowest BCUT2D eigenvalue weighted by Crippen LogP contribution is -2.31. The van der Waals surface area contributed by atoms with Crippen molar-refractivity contribution in [3.63, 3.8) is 0 Å². The summed E-state index contributed by atoms with van der Waals surface area (Å²) in [7, 11) is 6.70. The molecule has 5 nitrogen and oxygen atoms in total. The molecular weight excluding hydrogens is 318 g/mol. The highest BCUT2D eigenvalue weighted by Gasteiger charge is 2.26. The van der Waals surface area contributed by atoms with Crippen LogP contribution in [-0.2, 0) is 12.8 Å². The summed E-state index contributed by atoms with van der Waals surface area (Å²) in [5.41, 5.74) is 3.57. The molecule has 0 saturated heterocycles. The van der Waals surface area contributed by atoms with Crippen molar-refractivity contribution in [3.8, 4) is 23.0 Å². The zero-order valence-corrected chi connectivity index (χ0v) is 15.2. The molecule has 0 aliphatic carbocycles. The van der Waals surface area contributed by atoms with Gasteiger partial charge < -0.3 is 24.3 Å². The molecule has 1 unspecified atom stereocenters. The third kappa shape index (κ3) is 3.24. The van der Waals surface area contributed by atoms with Gasteiger partial charge in [-0.25, -0.2) is 0 Å². The number of benzene rings is 2. The minimum absolute atomic E-state index is 0.185. The SMILES string of the molecule is COc1cccc(CC2NCCc3c2ccc(OC)c3OC)c1OC. The van der Waals surface area contributed by atoms with Crippen LogP contribution in [0.2, 0.25) is 0 Å². The molecule has 0 radical (unpaired) electrons. The van der Waals surface area contributed by atoms with E-state index in [0.29, 0.717) is 0 Å². The first-order valence-corrected chi connectivity index (χ1v) is 8.40. The Kier molecular flexibility index (Phi) is 5.34. The highest BCUT2D eigenvalue weighted by Crippen LogP contribution is 2.40. The Labute approximate surface area is 148 Å². The summed E-state index contributed by atoms with van der Waals surface area (Å²) in [5.74, 6) is 3.16.